The van der Waals surface area contributed by atoms with E-state index in [1.54, 1.807) is 27.7 Å². The largest absolute Gasteiger partial charge is 0.388 e. The highest BCUT2D eigenvalue weighted by Gasteiger charge is 2.50. The first kappa shape index (κ1) is 13.8. The Hall–Kier alpha value is -0.640. The zero-order chi connectivity index (χ0) is 13.6. The first-order valence-electron chi connectivity index (χ1n) is 6.06. The molecule has 0 bridgehead atoms. The van der Waals surface area contributed by atoms with Crippen molar-refractivity contribution in [3.8, 4) is 12.3 Å². The Morgan fingerprint density at radius 3 is 2.28 bits per heavy atom. The van der Waals surface area contributed by atoms with Gasteiger partial charge in [-0.05, 0) is 27.7 Å². The van der Waals surface area contributed by atoms with E-state index in [-0.39, 0.29) is 6.61 Å². The normalized spacial score (nSPS) is 42.4. The summed E-state index contributed by atoms with van der Waals surface area (Å²) in [4.78, 5) is 0. The average Bonchev–Trinajstić information content (AvgIpc) is 2.57. The van der Waals surface area contributed by atoms with E-state index >= 15 is 0 Å². The molecule has 4 atom stereocenters. The van der Waals surface area contributed by atoms with Crippen molar-refractivity contribution >= 4 is 0 Å². The molecule has 18 heavy (non-hydrogen) atoms. The maximum Gasteiger partial charge on any atom is 0.165 e. The second-order valence-corrected chi connectivity index (χ2v) is 5.55. The van der Waals surface area contributed by atoms with E-state index in [0.29, 0.717) is 0 Å². The molecule has 2 fully saturated rings. The van der Waals surface area contributed by atoms with E-state index in [2.05, 4.69) is 5.92 Å². The van der Waals surface area contributed by atoms with Crippen molar-refractivity contribution in [1.29, 1.82) is 0 Å². The second kappa shape index (κ2) is 4.48. The van der Waals surface area contributed by atoms with Crippen molar-refractivity contribution < 1.29 is 24.1 Å². The van der Waals surface area contributed by atoms with Crippen LogP contribution in [0.1, 0.15) is 27.7 Å². The number of aliphatic hydroxyl groups excluding tert-OH is 1. The molecular weight excluding hydrogens is 236 g/mol. The first-order valence-corrected chi connectivity index (χ1v) is 6.06. The lowest BCUT2D eigenvalue weighted by Gasteiger charge is -2.41. The van der Waals surface area contributed by atoms with Gasteiger partial charge in [0.05, 0.1) is 6.61 Å². The maximum atomic E-state index is 9.99. The summed E-state index contributed by atoms with van der Waals surface area (Å²) in [5.74, 6) is 1.00. The number of rotatable bonds is 1. The minimum atomic E-state index is -0.781. The van der Waals surface area contributed by atoms with Crippen LogP contribution < -0.4 is 0 Å². The Morgan fingerprint density at radius 1 is 1.06 bits per heavy atom. The van der Waals surface area contributed by atoms with E-state index in [4.69, 9.17) is 25.4 Å². The van der Waals surface area contributed by atoms with Crippen molar-refractivity contribution in [2.75, 3.05) is 6.61 Å². The summed E-state index contributed by atoms with van der Waals surface area (Å²) >= 11 is 0. The van der Waals surface area contributed by atoms with Crippen LogP contribution in [0.4, 0.5) is 0 Å². The Bertz CT molecular complexity index is 357. The summed E-state index contributed by atoms with van der Waals surface area (Å²) in [5.41, 5.74) is 0. The molecule has 0 radical (unpaired) electrons. The molecule has 5 nitrogen and oxygen atoms in total. The zero-order valence-electron chi connectivity index (χ0n) is 11.2. The Morgan fingerprint density at radius 2 is 1.67 bits per heavy atom. The van der Waals surface area contributed by atoms with Gasteiger partial charge in [0.1, 0.15) is 24.4 Å². The van der Waals surface area contributed by atoms with Crippen LogP contribution in [0.2, 0.25) is 0 Å². The van der Waals surface area contributed by atoms with Crippen molar-refractivity contribution in [2.24, 2.45) is 0 Å². The molecule has 0 amide bonds. The summed E-state index contributed by atoms with van der Waals surface area (Å²) in [6, 6.07) is 0. The van der Waals surface area contributed by atoms with Crippen molar-refractivity contribution in [3.05, 3.63) is 0 Å². The Balaban J connectivity index is 2.17. The standard InChI is InChI=1S/C13H20O5/c1-6-9-11(18-13(4,5)16-9)10-8(14)7-15-12(2,3)17-10/h1,8-11,14H,7H2,2-5H3/t8-,9+,10?,11+/m1/s1. The maximum absolute atomic E-state index is 9.99. The Kier molecular flexibility index (Phi) is 3.43. The zero-order valence-corrected chi connectivity index (χ0v) is 11.2. The molecule has 0 aromatic heterocycles. The van der Waals surface area contributed by atoms with Gasteiger partial charge in [0.15, 0.2) is 11.6 Å². The van der Waals surface area contributed by atoms with Gasteiger partial charge in [0, 0.05) is 0 Å². The van der Waals surface area contributed by atoms with Gasteiger partial charge < -0.3 is 24.1 Å². The van der Waals surface area contributed by atoms with Gasteiger partial charge in [-0.15, -0.1) is 6.42 Å². The number of hydrogen-bond acceptors (Lipinski definition) is 5. The van der Waals surface area contributed by atoms with E-state index in [0.717, 1.165) is 0 Å². The average molecular weight is 256 g/mol. The predicted molar refractivity (Wildman–Crippen MR) is 63.6 cm³/mol. The lowest BCUT2D eigenvalue weighted by Crippen LogP contribution is -2.55. The molecule has 0 saturated carbocycles. The van der Waals surface area contributed by atoms with Crippen LogP contribution >= 0.6 is 0 Å². The molecule has 5 heteroatoms. The summed E-state index contributed by atoms with van der Waals surface area (Å²) in [6.07, 6.45) is 3.07. The topological polar surface area (TPSA) is 57.2 Å². The van der Waals surface area contributed by atoms with Gasteiger partial charge in [-0.25, -0.2) is 0 Å². The van der Waals surface area contributed by atoms with Gasteiger partial charge in [0.2, 0.25) is 0 Å². The Labute approximate surface area is 107 Å². The molecule has 2 aliphatic heterocycles. The number of hydrogen-bond donors (Lipinski definition) is 1. The number of terminal acetylenes is 1. The van der Waals surface area contributed by atoms with Crippen LogP contribution in [0.3, 0.4) is 0 Å². The summed E-state index contributed by atoms with van der Waals surface area (Å²) in [7, 11) is 0. The quantitative estimate of drug-likeness (QED) is 0.698. The summed E-state index contributed by atoms with van der Waals surface area (Å²) < 4.78 is 22.4. The molecular formula is C13H20O5. The molecule has 0 aromatic carbocycles. The van der Waals surface area contributed by atoms with Crippen LogP contribution in [0.25, 0.3) is 0 Å². The lowest BCUT2D eigenvalue weighted by atomic mass is 10.0. The number of aliphatic hydroxyl groups is 1. The van der Waals surface area contributed by atoms with Crippen LogP contribution in [0.15, 0.2) is 0 Å². The fourth-order valence-electron chi connectivity index (χ4n) is 2.27. The fourth-order valence-corrected chi connectivity index (χ4v) is 2.27. The lowest BCUT2D eigenvalue weighted by molar-refractivity contribution is -0.322. The molecule has 102 valence electrons. The van der Waals surface area contributed by atoms with E-state index in [1.165, 1.54) is 0 Å². The molecule has 1 unspecified atom stereocenters. The van der Waals surface area contributed by atoms with Gasteiger partial charge in [0.25, 0.3) is 0 Å². The van der Waals surface area contributed by atoms with Gasteiger partial charge in [-0.1, -0.05) is 5.92 Å². The number of ether oxygens (including phenoxy) is 4. The van der Waals surface area contributed by atoms with Gasteiger partial charge in [-0.2, -0.15) is 0 Å². The molecule has 1 N–H and O–H groups in total. The van der Waals surface area contributed by atoms with E-state index < -0.39 is 36.0 Å². The molecule has 0 aliphatic carbocycles. The van der Waals surface area contributed by atoms with Gasteiger partial charge in [-0.3, -0.25) is 0 Å². The van der Waals surface area contributed by atoms with Crippen molar-refractivity contribution in [1.82, 2.24) is 0 Å². The predicted octanol–water partition coefficient (Wildman–Crippen LogP) is 0.652. The van der Waals surface area contributed by atoms with Crippen LogP contribution in [-0.4, -0.2) is 47.7 Å². The molecule has 0 spiro atoms. The van der Waals surface area contributed by atoms with E-state index in [1.807, 2.05) is 0 Å². The highest BCUT2D eigenvalue weighted by molar-refractivity contribution is 5.07. The smallest absolute Gasteiger partial charge is 0.165 e. The molecule has 0 aromatic rings. The minimum Gasteiger partial charge on any atom is -0.388 e. The molecule has 2 aliphatic rings. The summed E-state index contributed by atoms with van der Waals surface area (Å²) in [6.45, 7) is 7.34. The summed E-state index contributed by atoms with van der Waals surface area (Å²) in [5, 5.41) is 9.99. The van der Waals surface area contributed by atoms with Crippen LogP contribution in [0.5, 0.6) is 0 Å². The third-order valence-corrected chi connectivity index (χ3v) is 3.02. The molecule has 2 heterocycles. The highest BCUT2D eigenvalue weighted by Crippen LogP contribution is 2.35. The third kappa shape index (κ3) is 2.68. The highest BCUT2D eigenvalue weighted by atomic mass is 16.8. The molecule has 2 saturated heterocycles. The van der Waals surface area contributed by atoms with Crippen LogP contribution in [-0.2, 0) is 18.9 Å². The van der Waals surface area contributed by atoms with Crippen LogP contribution in [0, 0.1) is 12.3 Å². The molecule has 2 rings (SSSR count). The monoisotopic (exact) mass is 256 g/mol. The third-order valence-electron chi connectivity index (χ3n) is 3.02. The minimum absolute atomic E-state index is 0.190. The SMILES string of the molecule is C#C[C@@H]1OC(C)(C)O[C@@H]1C1OC(C)(C)OC[C@H]1O. The second-order valence-electron chi connectivity index (χ2n) is 5.55. The van der Waals surface area contributed by atoms with Crippen molar-refractivity contribution in [3.63, 3.8) is 0 Å². The fraction of sp³-hybridized carbons (Fsp3) is 0.846. The van der Waals surface area contributed by atoms with E-state index in [9.17, 15) is 5.11 Å². The van der Waals surface area contributed by atoms with Gasteiger partial charge >= 0.3 is 0 Å². The first-order chi connectivity index (χ1) is 8.24. The van der Waals surface area contributed by atoms with Crippen molar-refractivity contribution in [2.45, 2.75) is 63.7 Å².